The fraction of sp³-hybridized carbons (Fsp3) is 0.286. The summed E-state index contributed by atoms with van der Waals surface area (Å²) in [6, 6.07) is 7.28. The number of alkyl halides is 3. The first-order valence-electron chi connectivity index (χ1n) is 10.5. The molecule has 0 bridgehead atoms. The van der Waals surface area contributed by atoms with Gasteiger partial charge in [0.2, 0.25) is 0 Å². The second kappa shape index (κ2) is 9.58. The number of hydrazone groups is 1. The maximum Gasteiger partial charge on any atom is 0.516 e. The summed E-state index contributed by atoms with van der Waals surface area (Å²) in [5.74, 6) is -1.16. The van der Waals surface area contributed by atoms with Crippen molar-refractivity contribution < 1.29 is 30.8 Å². The third-order valence-corrected chi connectivity index (χ3v) is 7.13. The van der Waals surface area contributed by atoms with Gasteiger partial charge in [-0.25, -0.2) is 13.7 Å². The van der Waals surface area contributed by atoms with Crippen LogP contribution >= 0.6 is 11.6 Å². The first kappa shape index (κ1) is 25.7. The molecule has 0 saturated heterocycles. The van der Waals surface area contributed by atoms with Gasteiger partial charge in [-0.05, 0) is 30.7 Å². The lowest BCUT2D eigenvalue weighted by Crippen LogP contribution is -2.46. The van der Waals surface area contributed by atoms with Crippen molar-refractivity contribution in [2.45, 2.75) is 25.4 Å². The number of carbonyl (C=O) groups is 1. The number of hydrogen-bond acceptors (Lipinski definition) is 6. The second-order valence-corrected chi connectivity index (χ2v) is 10.0. The number of benzene rings is 1. The SMILES string of the molecule is CCc1nc2ccc(Cl)cn2c1C(=O)NCc1ccc(N2CCN(S(=O)(=O)C(F)(F)F)C=N2)cc1F. The fourth-order valence-electron chi connectivity index (χ4n) is 3.59. The molecule has 15 heteroatoms. The van der Waals surface area contributed by atoms with Crippen molar-refractivity contribution >= 4 is 45.2 Å². The van der Waals surface area contributed by atoms with E-state index in [1.165, 1.54) is 17.1 Å². The third-order valence-electron chi connectivity index (χ3n) is 5.43. The standard InChI is InChI=1S/C21H19ClF4N6O3S/c1-2-17-19(31-11-14(22)4-6-18(31)29-17)20(33)27-10-13-3-5-15(9-16(13)23)32-8-7-30(12-28-32)36(34,35)21(24,25)26/h3-6,9,11-12H,2,7-8,10H2,1H3,(H,27,33). The van der Waals surface area contributed by atoms with E-state index in [2.05, 4.69) is 15.4 Å². The van der Waals surface area contributed by atoms with E-state index in [9.17, 15) is 30.8 Å². The number of carbonyl (C=O) groups excluding carboxylic acids is 1. The molecule has 1 aromatic carbocycles. The van der Waals surface area contributed by atoms with Crippen molar-refractivity contribution in [2.75, 3.05) is 18.1 Å². The highest BCUT2D eigenvalue weighted by molar-refractivity contribution is 7.90. The van der Waals surface area contributed by atoms with Gasteiger partial charge in [-0.1, -0.05) is 24.6 Å². The van der Waals surface area contributed by atoms with Crippen LogP contribution < -0.4 is 10.3 Å². The molecule has 0 spiro atoms. The van der Waals surface area contributed by atoms with Gasteiger partial charge in [0.15, 0.2) is 0 Å². The van der Waals surface area contributed by atoms with E-state index in [0.717, 1.165) is 6.07 Å². The van der Waals surface area contributed by atoms with E-state index in [1.807, 2.05) is 6.92 Å². The number of rotatable bonds is 6. The van der Waals surface area contributed by atoms with Crippen molar-refractivity contribution in [3.63, 3.8) is 0 Å². The van der Waals surface area contributed by atoms with E-state index in [0.29, 0.717) is 29.1 Å². The Hall–Kier alpha value is -3.39. The van der Waals surface area contributed by atoms with Crippen molar-refractivity contribution in [2.24, 2.45) is 5.10 Å². The van der Waals surface area contributed by atoms with Crippen LogP contribution in [0.4, 0.5) is 23.2 Å². The number of anilines is 1. The Labute approximate surface area is 208 Å². The summed E-state index contributed by atoms with van der Waals surface area (Å²) < 4.78 is 77.4. The molecule has 1 amide bonds. The van der Waals surface area contributed by atoms with Gasteiger partial charge >= 0.3 is 15.5 Å². The van der Waals surface area contributed by atoms with E-state index < -0.39 is 33.8 Å². The number of sulfonamides is 1. The molecule has 3 heterocycles. The number of nitrogens with one attached hydrogen (secondary N) is 1. The summed E-state index contributed by atoms with van der Waals surface area (Å²) in [5, 5.41) is 7.94. The highest BCUT2D eigenvalue weighted by atomic mass is 35.5. The van der Waals surface area contributed by atoms with Gasteiger partial charge < -0.3 is 5.32 Å². The molecular weight excluding hydrogens is 528 g/mol. The molecule has 0 unspecified atom stereocenters. The lowest BCUT2D eigenvalue weighted by molar-refractivity contribution is -0.0471. The average Bonchev–Trinajstić information content (AvgIpc) is 3.20. The highest BCUT2D eigenvalue weighted by Gasteiger charge is 2.50. The maximum absolute atomic E-state index is 14.8. The normalized spacial score (nSPS) is 14.5. The molecule has 1 aliphatic rings. The molecule has 3 aromatic rings. The van der Waals surface area contributed by atoms with Gasteiger partial charge in [-0.3, -0.25) is 14.2 Å². The zero-order valence-corrected chi connectivity index (χ0v) is 20.2. The zero-order valence-electron chi connectivity index (χ0n) is 18.6. The molecule has 0 atom stereocenters. The minimum absolute atomic E-state index is 0.0850. The molecule has 0 radical (unpaired) electrons. The maximum atomic E-state index is 14.8. The Morgan fingerprint density at radius 3 is 2.56 bits per heavy atom. The Kier molecular flexibility index (Phi) is 6.84. The van der Waals surface area contributed by atoms with E-state index in [1.54, 1.807) is 22.7 Å². The Morgan fingerprint density at radius 2 is 1.94 bits per heavy atom. The third kappa shape index (κ3) is 4.82. The minimum Gasteiger partial charge on any atom is -0.347 e. The second-order valence-electron chi connectivity index (χ2n) is 7.71. The van der Waals surface area contributed by atoms with Gasteiger partial charge in [-0.2, -0.15) is 26.7 Å². The van der Waals surface area contributed by atoms with Crippen LogP contribution in [0.1, 0.15) is 28.7 Å². The monoisotopic (exact) mass is 546 g/mol. The summed E-state index contributed by atoms with van der Waals surface area (Å²) in [5.41, 5.74) is -3.72. The molecule has 9 nitrogen and oxygen atoms in total. The highest BCUT2D eigenvalue weighted by Crippen LogP contribution is 2.28. The first-order chi connectivity index (χ1) is 16.9. The quantitative estimate of drug-likeness (QED) is 0.477. The number of nitrogens with zero attached hydrogens (tertiary/aromatic N) is 5. The van der Waals surface area contributed by atoms with Gasteiger partial charge in [0.1, 0.15) is 23.5 Å². The average molecular weight is 547 g/mol. The summed E-state index contributed by atoms with van der Waals surface area (Å²) in [7, 11) is -5.55. The lowest BCUT2D eigenvalue weighted by Gasteiger charge is -2.29. The van der Waals surface area contributed by atoms with E-state index >= 15 is 0 Å². The molecular formula is C21H19ClF4N6O3S. The number of pyridine rings is 1. The van der Waals surface area contributed by atoms with Crippen molar-refractivity contribution in [3.8, 4) is 0 Å². The Bertz CT molecular complexity index is 1460. The summed E-state index contributed by atoms with van der Waals surface area (Å²) in [6.45, 7) is 0.952. The number of hydrogen-bond donors (Lipinski definition) is 1. The van der Waals surface area contributed by atoms with Crippen LogP contribution in [0.2, 0.25) is 5.02 Å². The van der Waals surface area contributed by atoms with Crippen LogP contribution in [0.15, 0.2) is 41.6 Å². The van der Waals surface area contributed by atoms with Crippen molar-refractivity contribution in [1.29, 1.82) is 0 Å². The van der Waals surface area contributed by atoms with Crippen LogP contribution in [0.25, 0.3) is 5.65 Å². The van der Waals surface area contributed by atoms with Gasteiger partial charge in [0.25, 0.3) is 5.91 Å². The number of fused-ring (bicyclic) bond motifs is 1. The number of aryl methyl sites for hydroxylation is 1. The van der Waals surface area contributed by atoms with Crippen molar-refractivity contribution in [3.05, 3.63) is 64.3 Å². The molecule has 192 valence electrons. The van der Waals surface area contributed by atoms with Gasteiger partial charge in [0, 0.05) is 18.3 Å². The van der Waals surface area contributed by atoms with Gasteiger partial charge in [0.05, 0.1) is 29.5 Å². The number of imidazole rings is 1. The molecule has 36 heavy (non-hydrogen) atoms. The first-order valence-corrected chi connectivity index (χ1v) is 12.4. The van der Waals surface area contributed by atoms with Crippen LogP contribution in [0, 0.1) is 5.82 Å². The topological polar surface area (TPSA) is 99.4 Å². The van der Waals surface area contributed by atoms with Crippen LogP contribution in [-0.2, 0) is 23.0 Å². The van der Waals surface area contributed by atoms with Crippen LogP contribution in [-0.4, -0.2) is 53.0 Å². The Morgan fingerprint density at radius 1 is 1.19 bits per heavy atom. The molecule has 0 saturated carbocycles. The number of aromatic nitrogens is 2. The lowest BCUT2D eigenvalue weighted by atomic mass is 10.1. The molecule has 1 N–H and O–H groups in total. The van der Waals surface area contributed by atoms with Gasteiger partial charge in [-0.15, -0.1) is 0 Å². The molecule has 1 aliphatic heterocycles. The molecule has 4 rings (SSSR count). The molecule has 0 fully saturated rings. The number of halogens is 5. The van der Waals surface area contributed by atoms with Crippen molar-refractivity contribution in [1.82, 2.24) is 19.0 Å². The predicted octanol–water partition coefficient (Wildman–Crippen LogP) is 3.53. The zero-order chi connectivity index (χ0) is 26.3. The van der Waals surface area contributed by atoms with Crippen LogP contribution in [0.3, 0.4) is 0 Å². The number of amides is 1. The van der Waals surface area contributed by atoms with Crippen LogP contribution in [0.5, 0.6) is 0 Å². The predicted molar refractivity (Wildman–Crippen MR) is 125 cm³/mol. The largest absolute Gasteiger partial charge is 0.516 e. The Balaban J connectivity index is 1.47. The minimum atomic E-state index is -5.55. The van der Waals surface area contributed by atoms with E-state index in [4.69, 9.17) is 11.6 Å². The molecule has 0 aliphatic carbocycles. The fourth-order valence-corrected chi connectivity index (χ4v) is 4.51. The summed E-state index contributed by atoms with van der Waals surface area (Å²) in [4.78, 5) is 17.3. The van der Waals surface area contributed by atoms with E-state index in [-0.39, 0.29) is 34.3 Å². The summed E-state index contributed by atoms with van der Waals surface area (Å²) in [6.07, 6.45) is 2.59. The summed E-state index contributed by atoms with van der Waals surface area (Å²) >= 11 is 6.04. The smallest absolute Gasteiger partial charge is 0.347 e. The molecule has 2 aromatic heterocycles.